The van der Waals surface area contributed by atoms with Crippen molar-refractivity contribution in [1.82, 2.24) is 10.5 Å². The number of carbonyl (C=O) groups is 1. The molecule has 1 saturated heterocycles. The summed E-state index contributed by atoms with van der Waals surface area (Å²) in [4.78, 5) is 12.7. The summed E-state index contributed by atoms with van der Waals surface area (Å²) in [6.45, 7) is 2.12. The highest BCUT2D eigenvalue weighted by atomic mass is 32.2. The van der Waals surface area contributed by atoms with Gasteiger partial charge in [-0.15, -0.1) is 11.8 Å². The fourth-order valence-electron chi connectivity index (χ4n) is 2.84. The second-order valence-electron chi connectivity index (χ2n) is 6.63. The van der Waals surface area contributed by atoms with Crippen LogP contribution in [-0.2, 0) is 27.9 Å². The Labute approximate surface area is 165 Å². The molecule has 1 aliphatic heterocycles. The Bertz CT molecular complexity index is 771. The average molecular weight is 414 g/mol. The molecule has 5 nitrogen and oxygen atoms in total. The second kappa shape index (κ2) is 9.47. The molecule has 0 unspecified atom stereocenters. The largest absolute Gasteiger partial charge is 0.416 e. The van der Waals surface area contributed by atoms with E-state index in [0.29, 0.717) is 34.6 Å². The molecule has 152 valence electrons. The standard InChI is InChI=1S/C19H21F3N2O3S/c20-19(21,22)14-1-3-17(4-2-14)28-12-16-9-15(24-27-16)10-18(25)23-11-13-5-7-26-8-6-13/h1-4,9,13H,5-8,10-12H2,(H,23,25). The van der Waals surface area contributed by atoms with Gasteiger partial charge in [0.05, 0.1) is 23.4 Å². The molecular formula is C19H21F3N2O3S. The third-order valence-electron chi connectivity index (χ3n) is 4.44. The summed E-state index contributed by atoms with van der Waals surface area (Å²) in [5.74, 6) is 1.33. The predicted molar refractivity (Wildman–Crippen MR) is 97.8 cm³/mol. The lowest BCUT2D eigenvalue weighted by molar-refractivity contribution is -0.137. The van der Waals surface area contributed by atoms with E-state index in [1.54, 1.807) is 6.07 Å². The van der Waals surface area contributed by atoms with Gasteiger partial charge in [-0.05, 0) is 43.0 Å². The van der Waals surface area contributed by atoms with Crippen molar-refractivity contribution in [3.8, 4) is 0 Å². The van der Waals surface area contributed by atoms with E-state index in [2.05, 4.69) is 10.5 Å². The second-order valence-corrected chi connectivity index (χ2v) is 7.68. The number of nitrogens with zero attached hydrogens (tertiary/aromatic N) is 1. The molecule has 1 fully saturated rings. The van der Waals surface area contributed by atoms with Crippen LogP contribution in [0, 0.1) is 5.92 Å². The van der Waals surface area contributed by atoms with Crippen LogP contribution in [0.15, 0.2) is 39.8 Å². The topological polar surface area (TPSA) is 64.4 Å². The Kier molecular flexibility index (Phi) is 7.01. The van der Waals surface area contributed by atoms with Gasteiger partial charge in [0.2, 0.25) is 5.91 Å². The summed E-state index contributed by atoms with van der Waals surface area (Å²) in [7, 11) is 0. The fraction of sp³-hybridized carbons (Fsp3) is 0.474. The number of hydrogen-bond donors (Lipinski definition) is 1. The van der Waals surface area contributed by atoms with Crippen LogP contribution in [0.25, 0.3) is 0 Å². The molecular weight excluding hydrogens is 393 g/mol. The highest BCUT2D eigenvalue weighted by molar-refractivity contribution is 7.98. The molecule has 0 bridgehead atoms. The monoisotopic (exact) mass is 414 g/mol. The number of amides is 1. The number of benzene rings is 1. The van der Waals surface area contributed by atoms with E-state index in [1.807, 2.05) is 0 Å². The van der Waals surface area contributed by atoms with E-state index < -0.39 is 11.7 Å². The van der Waals surface area contributed by atoms with E-state index in [1.165, 1.54) is 23.9 Å². The molecule has 0 aliphatic carbocycles. The van der Waals surface area contributed by atoms with Gasteiger partial charge in [-0.2, -0.15) is 13.2 Å². The van der Waals surface area contributed by atoms with Crippen LogP contribution in [0.5, 0.6) is 0 Å². The zero-order chi connectivity index (χ0) is 20.0. The Balaban J connectivity index is 1.42. The number of alkyl halides is 3. The molecule has 0 radical (unpaired) electrons. The Morgan fingerprint density at radius 2 is 1.93 bits per heavy atom. The number of halogens is 3. The smallest absolute Gasteiger partial charge is 0.381 e. The number of rotatable bonds is 7. The molecule has 0 spiro atoms. The van der Waals surface area contributed by atoms with Crippen molar-refractivity contribution in [2.45, 2.75) is 36.1 Å². The van der Waals surface area contributed by atoms with Crippen LogP contribution in [0.4, 0.5) is 13.2 Å². The number of aromatic nitrogens is 1. The maximum atomic E-state index is 12.6. The van der Waals surface area contributed by atoms with Gasteiger partial charge in [-0.3, -0.25) is 4.79 Å². The first kappa shape index (κ1) is 20.7. The van der Waals surface area contributed by atoms with Gasteiger partial charge in [0.1, 0.15) is 5.76 Å². The summed E-state index contributed by atoms with van der Waals surface area (Å²) in [6, 6.07) is 6.65. The van der Waals surface area contributed by atoms with Crippen molar-refractivity contribution in [2.75, 3.05) is 19.8 Å². The first-order valence-corrected chi connectivity index (χ1v) is 9.97. The van der Waals surface area contributed by atoms with Crippen LogP contribution >= 0.6 is 11.8 Å². The summed E-state index contributed by atoms with van der Waals surface area (Å²) < 4.78 is 48.2. The molecule has 1 aromatic heterocycles. The molecule has 2 heterocycles. The minimum atomic E-state index is -4.34. The SMILES string of the molecule is O=C(Cc1cc(CSc2ccc(C(F)(F)F)cc2)on1)NCC1CCOCC1. The van der Waals surface area contributed by atoms with E-state index in [9.17, 15) is 18.0 Å². The molecule has 2 aromatic rings. The van der Waals surface area contributed by atoms with E-state index in [-0.39, 0.29) is 12.3 Å². The van der Waals surface area contributed by atoms with E-state index in [0.717, 1.165) is 38.2 Å². The molecule has 0 atom stereocenters. The first-order valence-electron chi connectivity index (χ1n) is 8.99. The van der Waals surface area contributed by atoms with Gasteiger partial charge in [-0.25, -0.2) is 0 Å². The zero-order valence-electron chi connectivity index (χ0n) is 15.1. The molecule has 1 amide bonds. The summed E-state index contributed by atoms with van der Waals surface area (Å²) >= 11 is 1.34. The minimum absolute atomic E-state index is 0.110. The number of carbonyl (C=O) groups excluding carboxylic acids is 1. The predicted octanol–water partition coefficient (Wildman–Crippen LogP) is 4.07. The van der Waals surface area contributed by atoms with E-state index in [4.69, 9.17) is 9.26 Å². The van der Waals surface area contributed by atoms with Crippen LogP contribution in [0.2, 0.25) is 0 Å². The molecule has 1 aromatic carbocycles. The van der Waals surface area contributed by atoms with Gasteiger partial charge in [0.25, 0.3) is 0 Å². The van der Waals surface area contributed by atoms with Crippen molar-refractivity contribution in [3.63, 3.8) is 0 Å². The Morgan fingerprint density at radius 1 is 1.21 bits per heavy atom. The van der Waals surface area contributed by atoms with Crippen LogP contribution in [0.1, 0.15) is 29.9 Å². The lowest BCUT2D eigenvalue weighted by atomic mass is 10.0. The zero-order valence-corrected chi connectivity index (χ0v) is 15.9. The van der Waals surface area contributed by atoms with E-state index >= 15 is 0 Å². The van der Waals surface area contributed by atoms with Crippen LogP contribution in [0.3, 0.4) is 0 Å². The van der Waals surface area contributed by atoms with Crippen molar-refractivity contribution >= 4 is 17.7 Å². The minimum Gasteiger partial charge on any atom is -0.381 e. The van der Waals surface area contributed by atoms with Gasteiger partial charge in [-0.1, -0.05) is 5.16 Å². The molecule has 1 N–H and O–H groups in total. The number of nitrogens with one attached hydrogen (secondary N) is 1. The third-order valence-corrected chi connectivity index (χ3v) is 5.48. The van der Waals surface area contributed by atoms with Crippen molar-refractivity contribution in [2.24, 2.45) is 5.92 Å². The molecule has 0 saturated carbocycles. The lowest BCUT2D eigenvalue weighted by Crippen LogP contribution is -2.33. The summed E-state index contributed by atoms with van der Waals surface area (Å²) in [6.07, 6.45) is -2.29. The number of ether oxygens (including phenoxy) is 1. The number of thioether (sulfide) groups is 1. The van der Waals surface area contributed by atoms with Crippen molar-refractivity contribution in [1.29, 1.82) is 0 Å². The van der Waals surface area contributed by atoms with Gasteiger partial charge in [0, 0.05) is 30.7 Å². The number of hydrogen-bond acceptors (Lipinski definition) is 5. The molecule has 9 heteroatoms. The Hall–Kier alpha value is -2.00. The van der Waals surface area contributed by atoms with Crippen molar-refractivity contribution < 1.29 is 27.2 Å². The average Bonchev–Trinajstić information content (AvgIpc) is 3.12. The highest BCUT2D eigenvalue weighted by Crippen LogP contribution is 2.31. The summed E-state index contributed by atoms with van der Waals surface area (Å²) in [5, 5.41) is 6.80. The quantitative estimate of drug-likeness (QED) is 0.692. The van der Waals surface area contributed by atoms with Gasteiger partial charge < -0.3 is 14.6 Å². The molecule has 28 heavy (non-hydrogen) atoms. The maximum Gasteiger partial charge on any atom is 0.416 e. The van der Waals surface area contributed by atoms with Gasteiger partial charge in [0.15, 0.2) is 0 Å². The maximum absolute atomic E-state index is 12.6. The van der Waals surface area contributed by atoms with Crippen LogP contribution in [-0.4, -0.2) is 30.8 Å². The summed E-state index contributed by atoms with van der Waals surface area (Å²) in [5.41, 5.74) is -0.141. The fourth-order valence-corrected chi connectivity index (χ4v) is 3.61. The highest BCUT2D eigenvalue weighted by Gasteiger charge is 2.29. The van der Waals surface area contributed by atoms with Crippen LogP contribution < -0.4 is 5.32 Å². The van der Waals surface area contributed by atoms with Crippen molar-refractivity contribution in [3.05, 3.63) is 47.3 Å². The first-order chi connectivity index (χ1) is 13.4. The Morgan fingerprint density at radius 3 is 2.61 bits per heavy atom. The molecule has 3 rings (SSSR count). The molecule has 1 aliphatic rings. The lowest BCUT2D eigenvalue weighted by Gasteiger charge is -2.21. The van der Waals surface area contributed by atoms with Gasteiger partial charge >= 0.3 is 6.18 Å². The third kappa shape index (κ3) is 6.27. The normalized spacial score (nSPS) is 15.5.